The van der Waals surface area contributed by atoms with E-state index in [1.807, 2.05) is 6.08 Å². The van der Waals surface area contributed by atoms with Crippen LogP contribution in [0.2, 0.25) is 0 Å². The van der Waals surface area contributed by atoms with E-state index in [9.17, 15) is 0 Å². The topological polar surface area (TPSA) is 23.8 Å². The normalized spacial score (nSPS) is 15.0. The van der Waals surface area contributed by atoms with Gasteiger partial charge in [0, 0.05) is 10.5 Å². The van der Waals surface area contributed by atoms with Crippen molar-refractivity contribution in [3.63, 3.8) is 0 Å². The van der Waals surface area contributed by atoms with Crippen LogP contribution in [0.15, 0.2) is 17.0 Å². The highest BCUT2D eigenvalue weighted by atomic mass is 32.1. The molecule has 0 bridgehead atoms. The van der Waals surface area contributed by atoms with Crippen molar-refractivity contribution < 1.29 is 0 Å². The Morgan fingerprint density at radius 1 is 1.45 bits per heavy atom. The number of thiophene rings is 1. The third-order valence-electron chi connectivity index (χ3n) is 1.89. The predicted octanol–water partition coefficient (Wildman–Crippen LogP) is 2.60. The van der Waals surface area contributed by atoms with Gasteiger partial charge in [-0.1, -0.05) is 0 Å². The molecule has 0 atom stereocenters. The molecule has 1 aliphatic carbocycles. The van der Waals surface area contributed by atoms with Crippen LogP contribution < -0.4 is 0 Å². The quantitative estimate of drug-likeness (QED) is 0.573. The molecule has 2 heteroatoms. The van der Waals surface area contributed by atoms with Crippen molar-refractivity contribution in [2.75, 3.05) is 0 Å². The third-order valence-corrected chi connectivity index (χ3v) is 2.80. The van der Waals surface area contributed by atoms with Crippen molar-refractivity contribution in [2.45, 2.75) is 12.8 Å². The maximum atomic E-state index is 8.64. The highest BCUT2D eigenvalue weighted by Crippen LogP contribution is 2.27. The molecule has 0 amide bonds. The Bertz CT molecular complexity index is 341. The Kier molecular flexibility index (Phi) is 1.52. The highest BCUT2D eigenvalue weighted by Gasteiger charge is 2.09. The Morgan fingerprint density at radius 3 is 3.18 bits per heavy atom. The summed E-state index contributed by atoms with van der Waals surface area (Å²) in [4.78, 5) is 1.27. The van der Waals surface area contributed by atoms with Gasteiger partial charge in [-0.15, -0.1) is 11.3 Å². The smallest absolute Gasteiger partial charge is 0.0947 e. The van der Waals surface area contributed by atoms with E-state index >= 15 is 0 Å². The van der Waals surface area contributed by atoms with Crippen LogP contribution in [-0.2, 0) is 6.42 Å². The molecule has 0 aromatic carbocycles. The molecule has 0 saturated heterocycles. The highest BCUT2D eigenvalue weighted by molar-refractivity contribution is 7.11. The molecule has 0 aliphatic heterocycles. The number of nitriles is 1. The first-order valence-electron chi connectivity index (χ1n) is 3.57. The lowest BCUT2D eigenvalue weighted by molar-refractivity contribution is 0.963. The molecule has 1 aromatic heterocycles. The lowest BCUT2D eigenvalue weighted by atomic mass is 10.00. The summed E-state index contributed by atoms with van der Waals surface area (Å²) < 4.78 is 0. The monoisotopic (exact) mass is 161 g/mol. The van der Waals surface area contributed by atoms with Crippen LogP contribution in [0.5, 0.6) is 0 Å². The molecule has 2 rings (SSSR count). The first-order valence-corrected chi connectivity index (χ1v) is 4.45. The van der Waals surface area contributed by atoms with Gasteiger partial charge in [0.2, 0.25) is 0 Å². The van der Waals surface area contributed by atoms with E-state index in [1.165, 1.54) is 10.4 Å². The second-order valence-electron chi connectivity index (χ2n) is 2.59. The van der Waals surface area contributed by atoms with E-state index in [2.05, 4.69) is 17.5 Å². The SMILES string of the molecule is N#CC1=Cc2sccc2CC1. The van der Waals surface area contributed by atoms with Gasteiger partial charge in [0.05, 0.1) is 6.07 Å². The fourth-order valence-electron chi connectivity index (χ4n) is 1.27. The Balaban J connectivity index is 2.47. The van der Waals surface area contributed by atoms with Crippen molar-refractivity contribution in [2.24, 2.45) is 0 Å². The summed E-state index contributed by atoms with van der Waals surface area (Å²) in [5, 5.41) is 10.7. The van der Waals surface area contributed by atoms with Crippen molar-refractivity contribution in [3.05, 3.63) is 27.5 Å². The van der Waals surface area contributed by atoms with Crippen LogP contribution in [0.1, 0.15) is 16.9 Å². The van der Waals surface area contributed by atoms with Crippen LogP contribution in [0.4, 0.5) is 0 Å². The molecule has 1 aromatic rings. The van der Waals surface area contributed by atoms with Gasteiger partial charge in [-0.25, -0.2) is 0 Å². The zero-order valence-corrected chi connectivity index (χ0v) is 6.82. The van der Waals surface area contributed by atoms with E-state index < -0.39 is 0 Å². The molecule has 0 fully saturated rings. The van der Waals surface area contributed by atoms with Gasteiger partial charge in [-0.3, -0.25) is 0 Å². The minimum atomic E-state index is 0.917. The molecule has 54 valence electrons. The maximum Gasteiger partial charge on any atom is 0.0947 e. The zero-order chi connectivity index (χ0) is 7.68. The second-order valence-corrected chi connectivity index (χ2v) is 3.54. The largest absolute Gasteiger partial charge is 0.193 e. The molecule has 1 aliphatic rings. The lowest BCUT2D eigenvalue weighted by Crippen LogP contribution is -1.93. The first-order chi connectivity index (χ1) is 5.40. The fourth-order valence-corrected chi connectivity index (χ4v) is 2.18. The Hall–Kier alpha value is -1.07. The van der Waals surface area contributed by atoms with Crippen molar-refractivity contribution >= 4 is 17.4 Å². The van der Waals surface area contributed by atoms with Crippen molar-refractivity contribution in [3.8, 4) is 6.07 Å². The van der Waals surface area contributed by atoms with Crippen LogP contribution >= 0.6 is 11.3 Å². The molecular formula is C9H7NS. The molecule has 0 unspecified atom stereocenters. The van der Waals surface area contributed by atoms with Gasteiger partial charge < -0.3 is 0 Å². The molecule has 0 N–H and O–H groups in total. The predicted molar refractivity (Wildman–Crippen MR) is 46.2 cm³/mol. The fraction of sp³-hybridized carbons (Fsp3) is 0.222. The third kappa shape index (κ3) is 1.08. The summed E-state index contributed by atoms with van der Waals surface area (Å²) in [6.07, 6.45) is 3.96. The number of aryl methyl sites for hydroxylation is 1. The number of hydrogen-bond donors (Lipinski definition) is 0. The van der Waals surface area contributed by atoms with Gasteiger partial charge in [0.25, 0.3) is 0 Å². The van der Waals surface area contributed by atoms with E-state index in [-0.39, 0.29) is 0 Å². The number of rotatable bonds is 0. The molecule has 0 spiro atoms. The summed E-state index contributed by atoms with van der Waals surface area (Å²) in [5.74, 6) is 0. The summed E-state index contributed by atoms with van der Waals surface area (Å²) in [7, 11) is 0. The second kappa shape index (κ2) is 2.52. The maximum absolute atomic E-state index is 8.64. The summed E-state index contributed by atoms with van der Waals surface area (Å²) in [5.41, 5.74) is 2.31. The van der Waals surface area contributed by atoms with E-state index in [4.69, 9.17) is 5.26 Å². The minimum Gasteiger partial charge on any atom is -0.193 e. The average molecular weight is 161 g/mol. The molecule has 11 heavy (non-hydrogen) atoms. The zero-order valence-electron chi connectivity index (χ0n) is 6.00. The number of fused-ring (bicyclic) bond motifs is 1. The van der Waals surface area contributed by atoms with Gasteiger partial charge in [0.1, 0.15) is 0 Å². The molecule has 1 heterocycles. The summed E-state index contributed by atoms with van der Waals surface area (Å²) in [6.45, 7) is 0. The Labute approximate surface area is 69.6 Å². The molecule has 0 radical (unpaired) electrons. The van der Waals surface area contributed by atoms with Crippen LogP contribution in [0.25, 0.3) is 6.08 Å². The van der Waals surface area contributed by atoms with E-state index in [0.717, 1.165) is 18.4 Å². The van der Waals surface area contributed by atoms with Crippen LogP contribution in [0.3, 0.4) is 0 Å². The Morgan fingerprint density at radius 2 is 2.36 bits per heavy atom. The first kappa shape index (κ1) is 6.63. The van der Waals surface area contributed by atoms with Crippen molar-refractivity contribution in [1.82, 2.24) is 0 Å². The number of hydrogen-bond acceptors (Lipinski definition) is 2. The molecule has 0 saturated carbocycles. The van der Waals surface area contributed by atoms with Gasteiger partial charge >= 0.3 is 0 Å². The van der Waals surface area contributed by atoms with Gasteiger partial charge in [-0.2, -0.15) is 5.26 Å². The van der Waals surface area contributed by atoms with Gasteiger partial charge in [0.15, 0.2) is 0 Å². The van der Waals surface area contributed by atoms with Crippen LogP contribution in [0, 0.1) is 11.3 Å². The van der Waals surface area contributed by atoms with Crippen molar-refractivity contribution in [1.29, 1.82) is 5.26 Å². The number of allylic oxidation sites excluding steroid dienone is 1. The van der Waals surface area contributed by atoms with E-state index in [0.29, 0.717) is 0 Å². The standard InChI is InChI=1S/C9H7NS/c10-6-7-1-2-8-3-4-11-9(8)5-7/h3-5H,1-2H2. The summed E-state index contributed by atoms with van der Waals surface area (Å²) in [6, 6.07) is 4.35. The lowest BCUT2D eigenvalue weighted by Gasteiger charge is -2.05. The van der Waals surface area contributed by atoms with Crippen LogP contribution in [-0.4, -0.2) is 0 Å². The molecular weight excluding hydrogens is 154 g/mol. The molecule has 1 nitrogen and oxygen atoms in total. The van der Waals surface area contributed by atoms with Gasteiger partial charge in [-0.05, 0) is 35.9 Å². The van der Waals surface area contributed by atoms with E-state index in [1.54, 1.807) is 11.3 Å². The average Bonchev–Trinajstić information content (AvgIpc) is 2.50. The number of nitrogens with zero attached hydrogens (tertiary/aromatic N) is 1. The minimum absolute atomic E-state index is 0.917. The summed E-state index contributed by atoms with van der Waals surface area (Å²) >= 11 is 1.72.